The first-order valence-electron chi connectivity index (χ1n) is 12.8. The molecule has 1 fully saturated rings. The highest BCUT2D eigenvalue weighted by Crippen LogP contribution is 2.25. The first-order valence-corrected chi connectivity index (χ1v) is 12.8. The summed E-state index contributed by atoms with van der Waals surface area (Å²) in [6.45, 7) is 11.3. The SMILES string of the molecule is C=C/C(=C\C(=C/C)c1cc(Cc2nc3c(-n4cnc(C)c4)nccc3[nH]2)c(N)cn1)CN1CCCCC1. The molecule has 1 aliphatic rings. The second-order valence-corrected chi connectivity index (χ2v) is 9.59. The number of piperidine rings is 1. The Balaban J connectivity index is 1.41. The Bertz CT molecular complexity index is 1470. The van der Waals surface area contributed by atoms with Gasteiger partial charge in [-0.3, -0.25) is 14.5 Å². The van der Waals surface area contributed by atoms with Crippen LogP contribution in [0.3, 0.4) is 0 Å². The zero-order valence-electron chi connectivity index (χ0n) is 21.6. The van der Waals surface area contributed by atoms with Crippen molar-refractivity contribution in [3.8, 4) is 5.82 Å². The molecule has 0 atom stereocenters. The fourth-order valence-electron chi connectivity index (χ4n) is 4.83. The van der Waals surface area contributed by atoms with E-state index in [1.54, 1.807) is 18.7 Å². The molecule has 0 aromatic carbocycles. The minimum Gasteiger partial charge on any atom is -0.397 e. The van der Waals surface area contributed by atoms with Crippen molar-refractivity contribution in [1.29, 1.82) is 0 Å². The fourth-order valence-corrected chi connectivity index (χ4v) is 4.83. The summed E-state index contributed by atoms with van der Waals surface area (Å²) in [5.74, 6) is 1.57. The molecule has 1 aliphatic heterocycles. The lowest BCUT2D eigenvalue weighted by Crippen LogP contribution is -2.31. The number of aromatic amines is 1. The number of allylic oxidation sites excluding steroid dienone is 3. The largest absolute Gasteiger partial charge is 0.397 e. The zero-order valence-corrected chi connectivity index (χ0v) is 21.6. The smallest absolute Gasteiger partial charge is 0.166 e. The van der Waals surface area contributed by atoms with E-state index in [0.29, 0.717) is 12.1 Å². The van der Waals surface area contributed by atoms with Gasteiger partial charge >= 0.3 is 0 Å². The molecule has 0 saturated carbocycles. The Hall–Kier alpha value is -4.04. The minimum absolute atomic E-state index is 0.557. The molecule has 190 valence electrons. The molecule has 4 aromatic heterocycles. The average molecular weight is 495 g/mol. The van der Waals surface area contributed by atoms with Crippen LogP contribution in [0.5, 0.6) is 0 Å². The van der Waals surface area contributed by atoms with Gasteiger partial charge in [0, 0.05) is 25.4 Å². The normalized spacial score (nSPS) is 15.4. The lowest BCUT2D eigenvalue weighted by atomic mass is 10.0. The third kappa shape index (κ3) is 5.54. The number of hydrogen-bond acceptors (Lipinski definition) is 6. The highest BCUT2D eigenvalue weighted by atomic mass is 15.1. The highest BCUT2D eigenvalue weighted by molar-refractivity contribution is 5.82. The number of H-pyrrole nitrogens is 1. The summed E-state index contributed by atoms with van der Waals surface area (Å²) in [5.41, 5.74) is 13.8. The Morgan fingerprint density at radius 2 is 2.03 bits per heavy atom. The Labute approximate surface area is 217 Å². The number of aromatic nitrogens is 6. The van der Waals surface area contributed by atoms with Gasteiger partial charge in [0.2, 0.25) is 0 Å². The summed E-state index contributed by atoms with van der Waals surface area (Å²) < 4.78 is 1.90. The topological polar surface area (TPSA) is 102 Å². The molecule has 37 heavy (non-hydrogen) atoms. The van der Waals surface area contributed by atoms with E-state index in [1.807, 2.05) is 36.8 Å². The van der Waals surface area contributed by atoms with Crippen LogP contribution in [0.2, 0.25) is 0 Å². The lowest BCUT2D eigenvalue weighted by molar-refractivity contribution is 0.248. The van der Waals surface area contributed by atoms with E-state index in [4.69, 9.17) is 10.7 Å². The lowest BCUT2D eigenvalue weighted by Gasteiger charge is -2.26. The number of imidazole rings is 2. The van der Waals surface area contributed by atoms with Gasteiger partial charge in [0.15, 0.2) is 5.82 Å². The van der Waals surface area contributed by atoms with Crippen LogP contribution in [0.15, 0.2) is 67.4 Å². The number of fused-ring (bicyclic) bond motifs is 1. The summed E-state index contributed by atoms with van der Waals surface area (Å²) in [6, 6.07) is 4.00. The van der Waals surface area contributed by atoms with Gasteiger partial charge < -0.3 is 10.7 Å². The molecule has 0 aliphatic carbocycles. The summed E-state index contributed by atoms with van der Waals surface area (Å²) in [5, 5.41) is 0. The number of aryl methyl sites for hydroxylation is 1. The highest BCUT2D eigenvalue weighted by Gasteiger charge is 2.14. The van der Waals surface area contributed by atoms with Gasteiger partial charge in [-0.2, -0.15) is 0 Å². The van der Waals surface area contributed by atoms with E-state index >= 15 is 0 Å². The van der Waals surface area contributed by atoms with Crippen LogP contribution in [0.1, 0.15) is 49.0 Å². The number of hydrogen-bond donors (Lipinski definition) is 2. The summed E-state index contributed by atoms with van der Waals surface area (Å²) in [4.78, 5) is 24.3. The van der Waals surface area contributed by atoms with Crippen LogP contribution < -0.4 is 5.73 Å². The van der Waals surface area contributed by atoms with Crippen molar-refractivity contribution in [2.75, 3.05) is 25.4 Å². The molecular formula is C29H34N8. The number of likely N-dealkylation sites (tertiary alicyclic amines) is 1. The zero-order chi connectivity index (χ0) is 25.8. The first kappa shape index (κ1) is 24.6. The van der Waals surface area contributed by atoms with Gasteiger partial charge in [-0.15, -0.1) is 0 Å². The predicted molar refractivity (Wildman–Crippen MR) is 149 cm³/mol. The van der Waals surface area contributed by atoms with Crippen LogP contribution in [-0.4, -0.2) is 54.0 Å². The third-order valence-electron chi connectivity index (χ3n) is 6.83. The van der Waals surface area contributed by atoms with Crippen molar-refractivity contribution in [2.24, 2.45) is 0 Å². The number of nitrogens with one attached hydrogen (secondary N) is 1. The molecule has 0 spiro atoms. The van der Waals surface area contributed by atoms with Crippen molar-refractivity contribution in [3.05, 3.63) is 90.2 Å². The van der Waals surface area contributed by atoms with E-state index in [9.17, 15) is 0 Å². The van der Waals surface area contributed by atoms with Crippen molar-refractivity contribution in [2.45, 2.75) is 39.5 Å². The van der Waals surface area contributed by atoms with Crippen molar-refractivity contribution in [1.82, 2.24) is 34.4 Å². The number of nitrogens with zero attached hydrogens (tertiary/aromatic N) is 6. The minimum atomic E-state index is 0.557. The monoisotopic (exact) mass is 494 g/mol. The van der Waals surface area contributed by atoms with Crippen LogP contribution in [0, 0.1) is 6.92 Å². The van der Waals surface area contributed by atoms with E-state index in [-0.39, 0.29) is 0 Å². The van der Waals surface area contributed by atoms with Gasteiger partial charge in [-0.05, 0) is 74.7 Å². The molecule has 5 rings (SSSR count). The van der Waals surface area contributed by atoms with E-state index in [2.05, 4.69) is 49.6 Å². The Kier molecular flexibility index (Phi) is 7.28. The molecule has 3 N–H and O–H groups in total. The van der Waals surface area contributed by atoms with E-state index in [1.165, 1.54) is 24.8 Å². The number of anilines is 1. The van der Waals surface area contributed by atoms with Crippen LogP contribution in [0.25, 0.3) is 22.4 Å². The van der Waals surface area contributed by atoms with E-state index < -0.39 is 0 Å². The molecule has 0 radical (unpaired) electrons. The Morgan fingerprint density at radius 1 is 1.19 bits per heavy atom. The second-order valence-electron chi connectivity index (χ2n) is 9.59. The second kappa shape index (κ2) is 10.9. The van der Waals surface area contributed by atoms with Gasteiger partial charge in [-0.25, -0.2) is 15.0 Å². The molecule has 0 amide bonds. The number of nitrogen functional groups attached to an aromatic ring is 1. The number of pyridine rings is 2. The molecule has 4 aromatic rings. The Morgan fingerprint density at radius 3 is 2.76 bits per heavy atom. The quantitative estimate of drug-likeness (QED) is 0.334. The summed E-state index contributed by atoms with van der Waals surface area (Å²) in [7, 11) is 0. The summed E-state index contributed by atoms with van der Waals surface area (Å²) >= 11 is 0. The molecule has 8 heteroatoms. The number of nitrogens with two attached hydrogens (primary N) is 1. The van der Waals surface area contributed by atoms with Crippen molar-refractivity contribution in [3.63, 3.8) is 0 Å². The van der Waals surface area contributed by atoms with Crippen LogP contribution in [0.4, 0.5) is 5.69 Å². The van der Waals surface area contributed by atoms with Crippen LogP contribution >= 0.6 is 0 Å². The molecule has 0 unspecified atom stereocenters. The molecule has 1 saturated heterocycles. The third-order valence-corrected chi connectivity index (χ3v) is 6.83. The van der Waals surface area contributed by atoms with Gasteiger partial charge in [0.1, 0.15) is 17.7 Å². The molecular weight excluding hydrogens is 460 g/mol. The van der Waals surface area contributed by atoms with Gasteiger partial charge in [0.05, 0.1) is 28.8 Å². The number of rotatable bonds is 8. The standard InChI is InChI=1S/C29H34N8/c1-4-21(18-36-11-7-6-8-12-36)13-22(5-2)26-14-23(24(30)16-32-26)15-27-34-25-9-10-31-29(28(25)35-27)37-17-20(3)33-19-37/h4-5,9-10,13-14,16-17,19H,1,6-8,11-12,15,18,30H2,2-3H3,(H,34,35)/b21-13+,22-5+. The summed E-state index contributed by atoms with van der Waals surface area (Å²) in [6.07, 6.45) is 17.9. The molecule has 8 nitrogen and oxygen atoms in total. The maximum absolute atomic E-state index is 6.36. The fraction of sp³-hybridized carbons (Fsp3) is 0.310. The van der Waals surface area contributed by atoms with Crippen molar-refractivity contribution < 1.29 is 0 Å². The van der Waals surface area contributed by atoms with E-state index in [0.717, 1.165) is 64.8 Å². The average Bonchev–Trinajstić information content (AvgIpc) is 3.54. The van der Waals surface area contributed by atoms with Gasteiger partial charge in [0.25, 0.3) is 0 Å². The molecule has 0 bridgehead atoms. The maximum atomic E-state index is 6.36. The maximum Gasteiger partial charge on any atom is 0.166 e. The first-order chi connectivity index (χ1) is 18.0. The van der Waals surface area contributed by atoms with Crippen molar-refractivity contribution >= 4 is 22.3 Å². The molecule has 5 heterocycles. The van der Waals surface area contributed by atoms with Gasteiger partial charge in [-0.1, -0.05) is 25.2 Å². The predicted octanol–water partition coefficient (Wildman–Crippen LogP) is 5.02. The van der Waals surface area contributed by atoms with Crippen LogP contribution in [-0.2, 0) is 6.42 Å².